The summed E-state index contributed by atoms with van der Waals surface area (Å²) in [5.74, 6) is -1.97. The van der Waals surface area contributed by atoms with Gasteiger partial charge < -0.3 is 20.7 Å². The molecule has 0 unspecified atom stereocenters. The number of nitrogens with one attached hydrogen (secondary N) is 3. The molecule has 0 heterocycles. The molecule has 0 spiro atoms. The molecular formula is C25H23N3O5S. The largest absolute Gasteiger partial charge is 0.452 e. The standard InChI is InChI=1S/C25H23N3O5S/c1-16(29)26-19-12-18(13-20(14-19)27-17(2)30)25(32)33-15-24(31)28-22-10-6-7-11-23(22)34-21-8-4-3-5-9-21/h3-14H,15H2,1-2H3,(H,26,29)(H,27,30)(H,28,31). The molecule has 0 aliphatic rings. The average Bonchev–Trinajstić information content (AvgIpc) is 2.78. The second kappa shape index (κ2) is 11.7. The maximum Gasteiger partial charge on any atom is 0.338 e. The van der Waals surface area contributed by atoms with E-state index in [2.05, 4.69) is 16.0 Å². The topological polar surface area (TPSA) is 114 Å². The molecule has 9 heteroatoms. The highest BCUT2D eigenvalue weighted by molar-refractivity contribution is 7.99. The van der Waals surface area contributed by atoms with Crippen molar-refractivity contribution in [3.05, 3.63) is 78.4 Å². The number of carbonyl (C=O) groups excluding carboxylic acids is 4. The molecule has 0 saturated heterocycles. The fraction of sp³-hybridized carbons (Fsp3) is 0.120. The number of carbonyl (C=O) groups is 4. The number of rotatable bonds is 8. The highest BCUT2D eigenvalue weighted by Crippen LogP contribution is 2.33. The number of ether oxygens (including phenoxy) is 1. The van der Waals surface area contributed by atoms with Crippen LogP contribution in [0.1, 0.15) is 24.2 Å². The van der Waals surface area contributed by atoms with Crippen LogP contribution in [0, 0.1) is 0 Å². The SMILES string of the molecule is CC(=O)Nc1cc(NC(C)=O)cc(C(=O)OCC(=O)Nc2ccccc2Sc2ccccc2)c1. The summed E-state index contributed by atoms with van der Waals surface area (Å²) in [6, 6.07) is 21.4. The zero-order valence-electron chi connectivity index (χ0n) is 18.6. The fourth-order valence-electron chi connectivity index (χ4n) is 2.97. The van der Waals surface area contributed by atoms with Crippen LogP contribution in [0.5, 0.6) is 0 Å². The zero-order chi connectivity index (χ0) is 24.5. The smallest absolute Gasteiger partial charge is 0.338 e. The lowest BCUT2D eigenvalue weighted by molar-refractivity contribution is -0.119. The normalized spacial score (nSPS) is 10.2. The van der Waals surface area contributed by atoms with Crippen molar-refractivity contribution in [1.29, 1.82) is 0 Å². The van der Waals surface area contributed by atoms with Crippen molar-refractivity contribution in [3.63, 3.8) is 0 Å². The summed E-state index contributed by atoms with van der Waals surface area (Å²) in [6.45, 7) is 2.13. The lowest BCUT2D eigenvalue weighted by Gasteiger charge is -2.12. The molecule has 3 N–H and O–H groups in total. The third-order valence-corrected chi connectivity index (χ3v) is 5.36. The van der Waals surface area contributed by atoms with Crippen molar-refractivity contribution in [1.82, 2.24) is 0 Å². The average molecular weight is 478 g/mol. The summed E-state index contributed by atoms with van der Waals surface area (Å²) in [5, 5.41) is 7.88. The van der Waals surface area contributed by atoms with Crippen LogP contribution in [0.15, 0.2) is 82.6 Å². The van der Waals surface area contributed by atoms with Crippen LogP contribution in [0.2, 0.25) is 0 Å². The van der Waals surface area contributed by atoms with Crippen LogP contribution in [-0.2, 0) is 19.1 Å². The second-order valence-electron chi connectivity index (χ2n) is 7.20. The van der Waals surface area contributed by atoms with Gasteiger partial charge in [0.25, 0.3) is 5.91 Å². The molecule has 34 heavy (non-hydrogen) atoms. The van der Waals surface area contributed by atoms with E-state index in [1.54, 1.807) is 12.1 Å². The van der Waals surface area contributed by atoms with Crippen molar-refractivity contribution in [2.24, 2.45) is 0 Å². The van der Waals surface area contributed by atoms with Crippen LogP contribution in [0.4, 0.5) is 17.1 Å². The van der Waals surface area contributed by atoms with Gasteiger partial charge in [0.05, 0.1) is 11.3 Å². The monoisotopic (exact) mass is 477 g/mol. The first-order chi connectivity index (χ1) is 16.3. The summed E-state index contributed by atoms with van der Waals surface area (Å²) in [4.78, 5) is 49.7. The maximum absolute atomic E-state index is 12.6. The Bertz CT molecular complexity index is 1180. The summed E-state index contributed by atoms with van der Waals surface area (Å²) in [5.41, 5.74) is 1.28. The van der Waals surface area contributed by atoms with Gasteiger partial charge in [-0.3, -0.25) is 14.4 Å². The Morgan fingerprint density at radius 3 is 1.97 bits per heavy atom. The van der Waals surface area contributed by atoms with E-state index in [9.17, 15) is 19.2 Å². The number of esters is 1. The third kappa shape index (κ3) is 7.49. The number of anilines is 3. The summed E-state index contributed by atoms with van der Waals surface area (Å²) in [6.07, 6.45) is 0. The highest BCUT2D eigenvalue weighted by Gasteiger charge is 2.15. The Labute approximate surface area is 201 Å². The van der Waals surface area contributed by atoms with Gasteiger partial charge in [-0.2, -0.15) is 0 Å². The van der Waals surface area contributed by atoms with Crippen LogP contribution in [-0.4, -0.2) is 30.3 Å². The van der Waals surface area contributed by atoms with Crippen molar-refractivity contribution < 1.29 is 23.9 Å². The quantitative estimate of drug-likeness (QED) is 0.410. The molecule has 0 saturated carbocycles. The predicted octanol–water partition coefficient (Wildman–Crippen LogP) is 4.55. The molecular weight excluding hydrogens is 454 g/mol. The van der Waals surface area contributed by atoms with Crippen LogP contribution >= 0.6 is 11.8 Å². The third-order valence-electron chi connectivity index (χ3n) is 4.28. The number of para-hydroxylation sites is 1. The number of hydrogen-bond acceptors (Lipinski definition) is 6. The number of hydrogen-bond donors (Lipinski definition) is 3. The first-order valence-corrected chi connectivity index (χ1v) is 11.1. The Morgan fingerprint density at radius 2 is 1.35 bits per heavy atom. The van der Waals surface area contributed by atoms with Crippen molar-refractivity contribution in [2.75, 3.05) is 22.6 Å². The van der Waals surface area contributed by atoms with Crippen LogP contribution < -0.4 is 16.0 Å². The predicted molar refractivity (Wildman–Crippen MR) is 131 cm³/mol. The fourth-order valence-corrected chi connectivity index (χ4v) is 3.89. The molecule has 3 aromatic carbocycles. The van der Waals surface area contributed by atoms with Gasteiger partial charge >= 0.3 is 5.97 Å². The van der Waals surface area contributed by atoms with E-state index >= 15 is 0 Å². The molecule has 0 atom stereocenters. The van der Waals surface area contributed by atoms with E-state index in [4.69, 9.17) is 4.74 Å². The number of benzene rings is 3. The first kappa shape index (κ1) is 24.5. The molecule has 3 amide bonds. The minimum Gasteiger partial charge on any atom is -0.452 e. The van der Waals surface area contributed by atoms with E-state index in [1.165, 1.54) is 43.8 Å². The first-order valence-electron chi connectivity index (χ1n) is 10.3. The molecule has 0 aromatic heterocycles. The maximum atomic E-state index is 12.6. The van der Waals surface area contributed by atoms with Gasteiger partial charge in [0.15, 0.2) is 6.61 Å². The van der Waals surface area contributed by atoms with Gasteiger partial charge in [0.2, 0.25) is 11.8 Å². The Morgan fingerprint density at radius 1 is 0.765 bits per heavy atom. The Hall–Kier alpha value is -4.11. The molecule has 8 nitrogen and oxygen atoms in total. The molecule has 0 radical (unpaired) electrons. The van der Waals surface area contributed by atoms with E-state index in [1.807, 2.05) is 42.5 Å². The minimum absolute atomic E-state index is 0.0721. The lowest BCUT2D eigenvalue weighted by Crippen LogP contribution is -2.21. The highest BCUT2D eigenvalue weighted by atomic mass is 32.2. The van der Waals surface area contributed by atoms with Crippen molar-refractivity contribution in [3.8, 4) is 0 Å². The summed E-state index contributed by atoms with van der Waals surface area (Å²) >= 11 is 1.50. The molecule has 3 aromatic rings. The van der Waals surface area contributed by atoms with Crippen LogP contribution in [0.3, 0.4) is 0 Å². The summed E-state index contributed by atoms with van der Waals surface area (Å²) < 4.78 is 5.16. The molecule has 0 aliphatic carbocycles. The molecule has 0 fully saturated rings. The van der Waals surface area contributed by atoms with Gasteiger partial charge in [-0.25, -0.2) is 4.79 Å². The molecule has 174 valence electrons. The molecule has 3 rings (SSSR count). The van der Waals surface area contributed by atoms with Gasteiger partial charge in [-0.1, -0.05) is 42.1 Å². The lowest BCUT2D eigenvalue weighted by atomic mass is 10.1. The molecule has 0 aliphatic heterocycles. The van der Waals surface area contributed by atoms with Gasteiger partial charge in [0, 0.05) is 35.0 Å². The Kier molecular flexibility index (Phi) is 8.42. The summed E-state index contributed by atoms with van der Waals surface area (Å²) in [7, 11) is 0. The van der Waals surface area contributed by atoms with E-state index in [0.717, 1.165) is 9.79 Å². The van der Waals surface area contributed by atoms with E-state index < -0.39 is 18.5 Å². The number of amides is 3. The van der Waals surface area contributed by atoms with Crippen molar-refractivity contribution in [2.45, 2.75) is 23.6 Å². The van der Waals surface area contributed by atoms with Gasteiger partial charge in [-0.05, 0) is 42.5 Å². The minimum atomic E-state index is -0.777. The second-order valence-corrected chi connectivity index (χ2v) is 8.31. The van der Waals surface area contributed by atoms with Crippen molar-refractivity contribution >= 4 is 52.5 Å². The Balaban J connectivity index is 1.66. The van der Waals surface area contributed by atoms with Gasteiger partial charge in [-0.15, -0.1) is 0 Å². The van der Waals surface area contributed by atoms with Crippen LogP contribution in [0.25, 0.3) is 0 Å². The van der Waals surface area contributed by atoms with Gasteiger partial charge in [0.1, 0.15) is 0 Å². The van der Waals surface area contributed by atoms with E-state index in [0.29, 0.717) is 17.1 Å². The van der Waals surface area contributed by atoms with E-state index in [-0.39, 0.29) is 17.4 Å². The molecule has 0 bridgehead atoms. The zero-order valence-corrected chi connectivity index (χ0v) is 19.4.